The first-order valence-corrected chi connectivity index (χ1v) is 6.69. The van der Waals surface area contributed by atoms with Gasteiger partial charge in [0.15, 0.2) is 6.23 Å². The summed E-state index contributed by atoms with van der Waals surface area (Å²) in [5.41, 5.74) is 4.53. The molecule has 0 aliphatic carbocycles. The largest absolute Gasteiger partial charge is 0.394 e. The summed E-state index contributed by atoms with van der Waals surface area (Å²) in [4.78, 5) is 7.97. The fourth-order valence-corrected chi connectivity index (χ4v) is 2.92. The van der Waals surface area contributed by atoms with E-state index >= 15 is 0 Å². The molecule has 21 heavy (non-hydrogen) atoms. The summed E-state index contributed by atoms with van der Waals surface area (Å²) in [5, 5.41) is 30.5. The first-order chi connectivity index (χ1) is 9.87. The van der Waals surface area contributed by atoms with Crippen LogP contribution >= 0.6 is 11.6 Å². The van der Waals surface area contributed by atoms with Gasteiger partial charge in [0.2, 0.25) is 0 Å². The smallest absolute Gasteiger partial charge is 0.167 e. The molecule has 4 atom stereocenters. The number of ether oxygens (including phenoxy) is 1. The molecule has 2 aromatic rings. The third-order valence-electron chi connectivity index (χ3n) is 3.78. The van der Waals surface area contributed by atoms with Gasteiger partial charge in [0, 0.05) is 6.20 Å². The Morgan fingerprint density at radius 2 is 2.24 bits per heavy atom. The predicted molar refractivity (Wildman–Crippen MR) is 74.6 cm³/mol. The van der Waals surface area contributed by atoms with E-state index < -0.39 is 30.6 Å². The number of nitrogen functional groups attached to an aromatic ring is 1. The van der Waals surface area contributed by atoms with Gasteiger partial charge < -0.3 is 30.4 Å². The van der Waals surface area contributed by atoms with Crippen LogP contribution in [-0.2, 0) is 4.74 Å². The number of hydrogen-bond acceptors (Lipinski definition) is 7. The highest BCUT2D eigenvalue weighted by atomic mass is 35.5. The highest BCUT2D eigenvalue weighted by Crippen LogP contribution is 2.41. The van der Waals surface area contributed by atoms with Crippen molar-refractivity contribution in [1.82, 2.24) is 14.5 Å². The van der Waals surface area contributed by atoms with Crippen molar-refractivity contribution in [2.45, 2.75) is 31.0 Å². The van der Waals surface area contributed by atoms with Crippen molar-refractivity contribution in [2.75, 3.05) is 12.3 Å². The van der Waals surface area contributed by atoms with Crippen LogP contribution in [-0.4, -0.2) is 54.3 Å². The number of nitrogens with zero attached hydrogens (tertiary/aromatic N) is 3. The lowest BCUT2D eigenvalue weighted by molar-refractivity contribution is -0.0948. The van der Waals surface area contributed by atoms with Crippen LogP contribution in [0.3, 0.4) is 0 Å². The fraction of sp³-hybridized carbons (Fsp3) is 0.500. The predicted octanol–water partition coefficient (Wildman–Crippen LogP) is -0.331. The summed E-state index contributed by atoms with van der Waals surface area (Å²) < 4.78 is 7.02. The molecule has 2 aromatic heterocycles. The van der Waals surface area contributed by atoms with E-state index in [-0.39, 0.29) is 5.82 Å². The van der Waals surface area contributed by atoms with E-state index in [2.05, 4.69) is 9.97 Å². The minimum absolute atomic E-state index is 0.209. The van der Waals surface area contributed by atoms with E-state index in [4.69, 9.17) is 22.1 Å². The minimum Gasteiger partial charge on any atom is -0.394 e. The number of nitrogens with two attached hydrogens (primary N) is 1. The van der Waals surface area contributed by atoms with E-state index in [1.165, 1.54) is 24.0 Å². The first kappa shape index (κ1) is 14.5. The molecule has 1 aliphatic heterocycles. The van der Waals surface area contributed by atoms with Gasteiger partial charge in [-0.05, 0) is 6.92 Å². The molecule has 1 aliphatic rings. The summed E-state index contributed by atoms with van der Waals surface area (Å²) in [6.07, 6.45) is -0.339. The molecule has 0 saturated carbocycles. The number of halogens is 1. The van der Waals surface area contributed by atoms with E-state index in [1.54, 1.807) is 0 Å². The minimum atomic E-state index is -1.62. The second kappa shape index (κ2) is 4.79. The Morgan fingerprint density at radius 1 is 1.52 bits per heavy atom. The maximum atomic E-state index is 10.5. The van der Waals surface area contributed by atoms with Crippen LogP contribution in [0.1, 0.15) is 13.2 Å². The van der Waals surface area contributed by atoms with Gasteiger partial charge >= 0.3 is 0 Å². The molecule has 0 amide bonds. The summed E-state index contributed by atoms with van der Waals surface area (Å²) in [6.45, 7) is 1.00. The summed E-state index contributed by atoms with van der Waals surface area (Å²) in [7, 11) is 0. The second-order valence-corrected chi connectivity index (χ2v) is 5.63. The van der Waals surface area contributed by atoms with Crippen molar-refractivity contribution in [3.63, 3.8) is 0 Å². The van der Waals surface area contributed by atoms with Crippen molar-refractivity contribution >= 4 is 28.5 Å². The number of aromatic nitrogens is 3. The highest BCUT2D eigenvalue weighted by Gasteiger charge is 2.53. The molecule has 0 spiro atoms. The average molecular weight is 315 g/mol. The lowest BCUT2D eigenvalue weighted by Gasteiger charge is -2.27. The monoisotopic (exact) mass is 314 g/mol. The van der Waals surface area contributed by atoms with Gasteiger partial charge in [0.25, 0.3) is 0 Å². The average Bonchev–Trinajstić information content (AvgIpc) is 2.87. The molecule has 0 aromatic carbocycles. The fourth-order valence-electron chi connectivity index (χ4n) is 2.63. The normalized spacial score (nSPS) is 32.9. The topological polar surface area (TPSA) is 127 Å². The number of anilines is 1. The van der Waals surface area contributed by atoms with Crippen molar-refractivity contribution < 1.29 is 20.1 Å². The van der Waals surface area contributed by atoms with Gasteiger partial charge in [-0.1, -0.05) is 11.6 Å². The second-order valence-electron chi connectivity index (χ2n) is 5.22. The molecule has 1 saturated heterocycles. The van der Waals surface area contributed by atoms with Gasteiger partial charge in [-0.25, -0.2) is 9.97 Å². The molecule has 3 heterocycles. The number of fused-ring (bicyclic) bond motifs is 1. The van der Waals surface area contributed by atoms with Crippen molar-refractivity contribution in [2.24, 2.45) is 0 Å². The summed E-state index contributed by atoms with van der Waals surface area (Å²) >= 11 is 6.13. The Labute approximate surface area is 124 Å². The Kier molecular flexibility index (Phi) is 3.30. The Bertz CT molecular complexity index is 689. The zero-order valence-electron chi connectivity index (χ0n) is 11.1. The molecule has 8 nitrogen and oxygen atoms in total. The SMILES string of the molecule is C[C@]1(O)C(n2cc(Cl)c3c(N)ncnc32)O[C@H](CO)[C@H]1O. The van der Waals surface area contributed by atoms with E-state index in [0.29, 0.717) is 16.1 Å². The standard InChI is InChI=1S/C12H15ClN4O4/c1-12(20)8(19)6(3-18)21-11(12)17-2-5(13)7-9(14)15-4-16-10(7)17/h2,4,6,8,11,18-20H,3H2,1H3,(H2,14,15,16)/t6-,8-,11?,12-/m1/s1. The van der Waals surface area contributed by atoms with Crippen LogP contribution in [0.2, 0.25) is 5.02 Å². The van der Waals surface area contributed by atoms with Crippen molar-refractivity contribution in [3.05, 3.63) is 17.5 Å². The summed E-state index contributed by atoms with van der Waals surface area (Å²) in [6, 6.07) is 0. The van der Waals surface area contributed by atoms with Crippen molar-refractivity contribution in [3.8, 4) is 0 Å². The Morgan fingerprint density at radius 3 is 2.86 bits per heavy atom. The molecular formula is C12H15ClN4O4. The quantitative estimate of drug-likeness (QED) is 0.597. The zero-order valence-corrected chi connectivity index (χ0v) is 11.9. The zero-order chi connectivity index (χ0) is 15.4. The van der Waals surface area contributed by atoms with Crippen LogP contribution in [0, 0.1) is 0 Å². The number of hydrogen-bond donors (Lipinski definition) is 4. The third-order valence-corrected chi connectivity index (χ3v) is 4.07. The third kappa shape index (κ3) is 1.99. The van der Waals surface area contributed by atoms with E-state index in [9.17, 15) is 15.3 Å². The van der Waals surface area contributed by atoms with Crippen LogP contribution in [0.5, 0.6) is 0 Å². The first-order valence-electron chi connectivity index (χ1n) is 6.31. The molecule has 9 heteroatoms. The molecule has 1 unspecified atom stereocenters. The van der Waals surface area contributed by atoms with E-state index in [1.807, 2.05) is 0 Å². The van der Waals surface area contributed by atoms with Gasteiger partial charge in [0.05, 0.1) is 17.0 Å². The van der Waals surface area contributed by atoms with Crippen molar-refractivity contribution in [1.29, 1.82) is 0 Å². The van der Waals surface area contributed by atoms with Gasteiger partial charge in [-0.15, -0.1) is 0 Å². The summed E-state index contributed by atoms with van der Waals surface area (Å²) in [5.74, 6) is 0.209. The lowest BCUT2D eigenvalue weighted by atomic mass is 9.96. The molecule has 0 radical (unpaired) electrons. The van der Waals surface area contributed by atoms with Gasteiger partial charge in [-0.2, -0.15) is 0 Å². The van der Waals surface area contributed by atoms with Gasteiger partial charge in [-0.3, -0.25) is 0 Å². The van der Waals surface area contributed by atoms with Crippen LogP contribution < -0.4 is 5.73 Å². The number of aliphatic hydroxyl groups is 3. The molecule has 5 N–H and O–H groups in total. The maximum Gasteiger partial charge on any atom is 0.167 e. The Hall–Kier alpha value is -1.45. The molecule has 3 rings (SSSR count). The number of aliphatic hydroxyl groups excluding tert-OH is 2. The van der Waals surface area contributed by atoms with Crippen LogP contribution in [0.4, 0.5) is 5.82 Å². The Balaban J connectivity index is 2.15. The number of rotatable bonds is 2. The van der Waals surface area contributed by atoms with Crippen LogP contribution in [0.15, 0.2) is 12.5 Å². The van der Waals surface area contributed by atoms with Gasteiger partial charge in [0.1, 0.15) is 35.6 Å². The molecule has 1 fully saturated rings. The lowest BCUT2D eigenvalue weighted by Crippen LogP contribution is -2.44. The maximum absolute atomic E-state index is 10.5. The van der Waals surface area contributed by atoms with E-state index in [0.717, 1.165) is 0 Å². The molecule has 0 bridgehead atoms. The highest BCUT2D eigenvalue weighted by molar-refractivity contribution is 6.36. The molecule has 114 valence electrons. The van der Waals surface area contributed by atoms with Crippen LogP contribution in [0.25, 0.3) is 11.0 Å². The molecular weight excluding hydrogens is 300 g/mol.